The topological polar surface area (TPSA) is 26.7 Å². The number of rotatable bonds is 4. The van der Waals surface area contributed by atoms with Crippen molar-refractivity contribution >= 4 is 21.6 Å². The van der Waals surface area contributed by atoms with Crippen LogP contribution >= 0.6 is 15.9 Å². The maximum absolute atomic E-state index is 9.48. The highest BCUT2D eigenvalue weighted by molar-refractivity contribution is 9.10. The first-order chi connectivity index (χ1) is 9.10. The van der Waals surface area contributed by atoms with Gasteiger partial charge in [-0.1, -0.05) is 15.9 Å². The number of piperidine rings is 1. The molecule has 0 unspecified atom stereocenters. The number of hydrogen-bond acceptors (Lipinski definition) is 3. The minimum absolute atomic E-state index is 0.0898. The normalized spacial score (nSPS) is 17.7. The van der Waals surface area contributed by atoms with Gasteiger partial charge in [-0.25, -0.2) is 0 Å². The molecule has 0 bridgehead atoms. The second kappa shape index (κ2) is 6.73. The van der Waals surface area contributed by atoms with Gasteiger partial charge >= 0.3 is 0 Å². The summed E-state index contributed by atoms with van der Waals surface area (Å²) < 4.78 is 1.02. The van der Waals surface area contributed by atoms with Crippen LogP contribution in [0.15, 0.2) is 22.7 Å². The number of likely N-dealkylation sites (tertiary alicyclic amines) is 1. The first kappa shape index (κ1) is 14.8. The lowest BCUT2D eigenvalue weighted by molar-refractivity contribution is 0.222. The Hall–Kier alpha value is -0.580. The number of benzene rings is 1. The third-order valence-corrected chi connectivity index (χ3v) is 4.49. The van der Waals surface area contributed by atoms with Crippen LogP contribution in [-0.2, 0) is 6.61 Å². The summed E-state index contributed by atoms with van der Waals surface area (Å²) in [6.45, 7) is 3.56. The SMILES string of the molecule is CN1CCC(CN(C)c2ccc(Br)cc2CO)CC1. The van der Waals surface area contributed by atoms with Crippen molar-refractivity contribution < 1.29 is 5.11 Å². The van der Waals surface area contributed by atoms with E-state index in [-0.39, 0.29) is 6.61 Å². The molecule has 0 amide bonds. The van der Waals surface area contributed by atoms with Gasteiger partial charge in [0.15, 0.2) is 0 Å². The minimum Gasteiger partial charge on any atom is -0.392 e. The van der Waals surface area contributed by atoms with Gasteiger partial charge in [0.05, 0.1) is 6.61 Å². The predicted octanol–water partition coefficient (Wildman–Crippen LogP) is 2.72. The van der Waals surface area contributed by atoms with Gasteiger partial charge in [0.25, 0.3) is 0 Å². The van der Waals surface area contributed by atoms with E-state index in [4.69, 9.17) is 0 Å². The zero-order valence-electron chi connectivity index (χ0n) is 11.8. The van der Waals surface area contributed by atoms with Crippen molar-refractivity contribution in [3.8, 4) is 0 Å². The fourth-order valence-electron chi connectivity index (χ4n) is 2.78. The molecule has 1 aromatic carbocycles. The molecule has 2 rings (SSSR count). The van der Waals surface area contributed by atoms with E-state index < -0.39 is 0 Å². The van der Waals surface area contributed by atoms with Crippen LogP contribution in [0.3, 0.4) is 0 Å². The summed E-state index contributed by atoms with van der Waals surface area (Å²) in [5.41, 5.74) is 2.13. The number of aliphatic hydroxyl groups is 1. The van der Waals surface area contributed by atoms with Gasteiger partial charge in [-0.05, 0) is 57.1 Å². The van der Waals surface area contributed by atoms with Crippen LogP contribution in [0.5, 0.6) is 0 Å². The predicted molar refractivity (Wildman–Crippen MR) is 83.6 cm³/mol. The maximum Gasteiger partial charge on any atom is 0.0702 e. The van der Waals surface area contributed by atoms with E-state index >= 15 is 0 Å². The van der Waals surface area contributed by atoms with Crippen LogP contribution < -0.4 is 4.90 Å². The van der Waals surface area contributed by atoms with Crippen molar-refractivity contribution in [2.45, 2.75) is 19.4 Å². The van der Waals surface area contributed by atoms with Gasteiger partial charge < -0.3 is 14.9 Å². The third-order valence-electron chi connectivity index (χ3n) is 3.99. The molecule has 1 N–H and O–H groups in total. The van der Waals surface area contributed by atoms with Crippen molar-refractivity contribution in [3.05, 3.63) is 28.2 Å². The number of nitrogens with zero attached hydrogens (tertiary/aromatic N) is 2. The average molecular weight is 327 g/mol. The van der Waals surface area contributed by atoms with Crippen LogP contribution in [0.2, 0.25) is 0 Å². The zero-order chi connectivity index (χ0) is 13.8. The molecule has 0 atom stereocenters. The molecule has 0 saturated carbocycles. The maximum atomic E-state index is 9.48. The summed E-state index contributed by atoms with van der Waals surface area (Å²) >= 11 is 3.46. The van der Waals surface area contributed by atoms with Crippen LogP contribution in [0.4, 0.5) is 5.69 Å². The molecule has 0 aromatic heterocycles. The van der Waals surface area contributed by atoms with Crippen molar-refractivity contribution in [3.63, 3.8) is 0 Å². The summed E-state index contributed by atoms with van der Waals surface area (Å²) in [4.78, 5) is 4.68. The van der Waals surface area contributed by atoms with Gasteiger partial charge in [0, 0.05) is 29.3 Å². The zero-order valence-corrected chi connectivity index (χ0v) is 13.4. The lowest BCUT2D eigenvalue weighted by Crippen LogP contribution is -2.36. The van der Waals surface area contributed by atoms with Crippen LogP contribution in [0, 0.1) is 5.92 Å². The van der Waals surface area contributed by atoms with E-state index in [1.54, 1.807) is 0 Å². The molecule has 0 radical (unpaired) electrons. The molecular formula is C15H23BrN2O. The van der Waals surface area contributed by atoms with E-state index in [0.29, 0.717) is 0 Å². The molecule has 106 valence electrons. The number of hydrogen-bond donors (Lipinski definition) is 1. The molecule has 3 nitrogen and oxygen atoms in total. The van der Waals surface area contributed by atoms with Crippen molar-refractivity contribution in [2.24, 2.45) is 5.92 Å². The number of aliphatic hydroxyl groups excluding tert-OH is 1. The Labute approximate surface area is 124 Å². The highest BCUT2D eigenvalue weighted by Gasteiger charge is 2.19. The lowest BCUT2D eigenvalue weighted by Gasteiger charge is -2.33. The van der Waals surface area contributed by atoms with Gasteiger partial charge in [-0.3, -0.25) is 0 Å². The number of halogens is 1. The molecular weight excluding hydrogens is 304 g/mol. The van der Waals surface area contributed by atoms with E-state index in [1.165, 1.54) is 25.9 Å². The molecule has 1 aliphatic heterocycles. The molecule has 0 spiro atoms. The second-order valence-corrected chi connectivity index (χ2v) is 6.47. The van der Waals surface area contributed by atoms with Gasteiger partial charge in [0.1, 0.15) is 0 Å². The van der Waals surface area contributed by atoms with E-state index in [1.807, 2.05) is 12.1 Å². The molecule has 19 heavy (non-hydrogen) atoms. The number of anilines is 1. The average Bonchev–Trinajstić information content (AvgIpc) is 2.41. The molecule has 1 heterocycles. The molecule has 0 aliphatic carbocycles. The largest absolute Gasteiger partial charge is 0.392 e. The quantitative estimate of drug-likeness (QED) is 0.921. The van der Waals surface area contributed by atoms with E-state index in [9.17, 15) is 5.11 Å². The first-order valence-corrected chi connectivity index (χ1v) is 7.68. The fourth-order valence-corrected chi connectivity index (χ4v) is 3.19. The van der Waals surface area contributed by atoms with Crippen LogP contribution in [-0.4, -0.2) is 43.7 Å². The van der Waals surface area contributed by atoms with Gasteiger partial charge in [-0.15, -0.1) is 0 Å². The standard InChI is InChI=1S/C15H23BrN2O/c1-17-7-5-12(6-8-17)10-18(2)15-4-3-14(16)9-13(15)11-19/h3-4,9,12,19H,5-8,10-11H2,1-2H3. The fraction of sp³-hybridized carbons (Fsp3) is 0.600. The Balaban J connectivity index is 2.01. The molecule has 4 heteroatoms. The summed E-state index contributed by atoms with van der Waals surface area (Å²) in [6, 6.07) is 6.13. The first-order valence-electron chi connectivity index (χ1n) is 6.89. The highest BCUT2D eigenvalue weighted by Crippen LogP contribution is 2.26. The molecule has 1 aliphatic rings. The Morgan fingerprint density at radius 1 is 1.37 bits per heavy atom. The van der Waals surface area contributed by atoms with Crippen molar-refractivity contribution in [2.75, 3.05) is 38.6 Å². The van der Waals surface area contributed by atoms with Crippen molar-refractivity contribution in [1.29, 1.82) is 0 Å². The summed E-state index contributed by atoms with van der Waals surface area (Å²) in [5, 5.41) is 9.48. The van der Waals surface area contributed by atoms with Gasteiger partial charge in [0.2, 0.25) is 0 Å². The van der Waals surface area contributed by atoms with Crippen LogP contribution in [0.1, 0.15) is 18.4 Å². The van der Waals surface area contributed by atoms with E-state index in [2.05, 4.69) is 45.9 Å². The van der Waals surface area contributed by atoms with Crippen LogP contribution in [0.25, 0.3) is 0 Å². The molecule has 1 fully saturated rings. The highest BCUT2D eigenvalue weighted by atomic mass is 79.9. The summed E-state index contributed by atoms with van der Waals surface area (Å²) in [7, 11) is 4.32. The summed E-state index contributed by atoms with van der Waals surface area (Å²) in [6.07, 6.45) is 2.54. The third kappa shape index (κ3) is 3.94. The lowest BCUT2D eigenvalue weighted by atomic mass is 9.96. The smallest absolute Gasteiger partial charge is 0.0702 e. The Kier molecular flexibility index (Phi) is 5.25. The van der Waals surface area contributed by atoms with Crippen molar-refractivity contribution in [1.82, 2.24) is 4.90 Å². The van der Waals surface area contributed by atoms with Gasteiger partial charge in [-0.2, -0.15) is 0 Å². The summed E-state index contributed by atoms with van der Waals surface area (Å²) in [5.74, 6) is 0.761. The monoisotopic (exact) mass is 326 g/mol. The minimum atomic E-state index is 0.0898. The Bertz CT molecular complexity index is 417. The van der Waals surface area contributed by atoms with E-state index in [0.717, 1.165) is 28.2 Å². The Morgan fingerprint density at radius 3 is 2.68 bits per heavy atom. The second-order valence-electron chi connectivity index (χ2n) is 5.56. The molecule has 1 saturated heterocycles. The Morgan fingerprint density at radius 2 is 2.05 bits per heavy atom. The molecule has 1 aromatic rings.